The van der Waals surface area contributed by atoms with Crippen molar-refractivity contribution in [1.29, 1.82) is 0 Å². The number of benzene rings is 2. The lowest BCUT2D eigenvalue weighted by atomic mass is 10.1. The largest absolute Gasteiger partial charge is 0.477 e. The second kappa shape index (κ2) is 11.5. The van der Waals surface area contributed by atoms with Gasteiger partial charge in [-0.3, -0.25) is 14.0 Å². The molecular weight excluding hydrogens is 598 g/mol. The Morgan fingerprint density at radius 1 is 1.05 bits per heavy atom. The lowest BCUT2D eigenvalue weighted by Gasteiger charge is -2.37. The highest BCUT2D eigenvalue weighted by Crippen LogP contribution is 2.38. The molecule has 3 aliphatic rings. The molecule has 3 amide bonds. The third-order valence-electron chi connectivity index (χ3n) is 8.17. The Labute approximate surface area is 255 Å². The number of carboxylic acid groups (broad SMARTS) is 1. The molecule has 12 nitrogen and oxygen atoms in total. The van der Waals surface area contributed by atoms with E-state index in [9.17, 15) is 24.3 Å². The van der Waals surface area contributed by atoms with E-state index in [1.54, 1.807) is 22.8 Å². The number of fused-ring (bicyclic) bond motifs is 1. The van der Waals surface area contributed by atoms with Crippen LogP contribution >= 0.6 is 12.8 Å². The number of carboxylic acids is 1. The number of nitrogens with zero attached hydrogens (tertiary/aromatic N) is 5. The molecule has 2 aliphatic heterocycles. The Bertz CT molecular complexity index is 1720. The van der Waals surface area contributed by atoms with Crippen LogP contribution in [0.1, 0.15) is 29.2 Å². The van der Waals surface area contributed by atoms with E-state index >= 15 is 8.78 Å². The number of aromatic carboxylic acids is 1. The van der Waals surface area contributed by atoms with Gasteiger partial charge in [0, 0.05) is 50.9 Å². The summed E-state index contributed by atoms with van der Waals surface area (Å²) in [6, 6.07) is 6.79. The number of hydrogen-bond donors (Lipinski definition) is 3. The summed E-state index contributed by atoms with van der Waals surface area (Å²) in [5.74, 6) is -2.51. The summed E-state index contributed by atoms with van der Waals surface area (Å²) in [6.07, 6.45) is 1.75. The maximum absolute atomic E-state index is 15.3. The van der Waals surface area contributed by atoms with E-state index in [4.69, 9.17) is 4.74 Å². The van der Waals surface area contributed by atoms with Crippen LogP contribution in [0.25, 0.3) is 10.9 Å². The van der Waals surface area contributed by atoms with Crippen LogP contribution in [0.3, 0.4) is 0 Å². The SMILES string of the molecule is CNC(=O)N(S)CC1CN(c2ccc(N3CCN(c4cc5c(cc4F)c(=O)c(C(=O)O)cn5C4CC4)CC3)c(F)c2)C(=O)O1. The van der Waals surface area contributed by atoms with E-state index in [1.807, 2.05) is 9.80 Å². The molecule has 15 heteroatoms. The van der Waals surface area contributed by atoms with Crippen LogP contribution in [0.15, 0.2) is 41.3 Å². The first-order chi connectivity index (χ1) is 21.0. The van der Waals surface area contributed by atoms with Crippen LogP contribution in [-0.4, -0.2) is 84.5 Å². The molecule has 1 atom stereocenters. The number of carbonyl (C=O) groups excluding carboxylic acids is 2. The topological polar surface area (TPSA) is 128 Å². The van der Waals surface area contributed by atoms with Crippen LogP contribution in [0, 0.1) is 11.6 Å². The zero-order valence-electron chi connectivity index (χ0n) is 23.7. The van der Waals surface area contributed by atoms with Gasteiger partial charge in [-0.1, -0.05) is 12.8 Å². The molecule has 3 aromatic rings. The molecule has 0 spiro atoms. The molecule has 2 aromatic carbocycles. The first-order valence-corrected chi connectivity index (χ1v) is 14.5. The van der Waals surface area contributed by atoms with E-state index < -0.39 is 41.3 Å². The molecule has 6 rings (SSSR count). The normalized spacial score (nSPS) is 18.5. The molecule has 2 N–H and O–H groups in total. The Balaban J connectivity index is 1.16. The average molecular weight is 629 g/mol. The number of piperazine rings is 1. The van der Waals surface area contributed by atoms with Gasteiger partial charge < -0.3 is 29.5 Å². The third-order valence-corrected chi connectivity index (χ3v) is 8.52. The number of thiol groups is 1. The molecule has 1 saturated carbocycles. The Hall–Kier alpha value is -4.53. The maximum atomic E-state index is 15.3. The molecule has 1 aliphatic carbocycles. The van der Waals surface area contributed by atoms with Crippen molar-refractivity contribution in [3.63, 3.8) is 0 Å². The number of nitrogens with one attached hydrogen (secondary N) is 1. The van der Waals surface area contributed by atoms with Gasteiger partial charge in [0.05, 0.1) is 35.7 Å². The Morgan fingerprint density at radius 2 is 1.70 bits per heavy atom. The van der Waals surface area contributed by atoms with Crippen molar-refractivity contribution < 1.29 is 33.0 Å². The first kappa shape index (κ1) is 29.5. The van der Waals surface area contributed by atoms with Crippen molar-refractivity contribution in [2.24, 2.45) is 0 Å². The fourth-order valence-electron chi connectivity index (χ4n) is 5.75. The molecule has 2 saturated heterocycles. The standard InChI is InChI=1S/C29H30F2N6O6S/c1-32-28(41)37(44)14-18-13-36(29(42)43-18)17-4-5-23(21(30)10-17)33-6-8-34(9-7-33)25-12-24-19(11-22(25)31)26(38)20(27(39)40)15-35(24)16-2-3-16/h4-5,10-12,15-16,18,44H,2-3,6-9,13-14H2,1H3,(H,32,41)(H,39,40). The predicted molar refractivity (Wildman–Crippen MR) is 162 cm³/mol. The van der Waals surface area contributed by atoms with Gasteiger partial charge >= 0.3 is 18.1 Å². The zero-order chi connectivity index (χ0) is 31.3. The molecule has 1 aromatic heterocycles. The van der Waals surface area contributed by atoms with Gasteiger partial charge in [-0.25, -0.2) is 23.2 Å². The summed E-state index contributed by atoms with van der Waals surface area (Å²) >= 11 is 4.08. The number of carbonyl (C=O) groups is 3. The minimum absolute atomic E-state index is 0.0291. The fourth-order valence-corrected chi connectivity index (χ4v) is 6.03. The molecule has 232 valence electrons. The van der Waals surface area contributed by atoms with E-state index in [0.717, 1.165) is 23.2 Å². The lowest BCUT2D eigenvalue weighted by Crippen LogP contribution is -2.47. The monoisotopic (exact) mass is 628 g/mol. The lowest BCUT2D eigenvalue weighted by molar-refractivity contribution is 0.0694. The van der Waals surface area contributed by atoms with Gasteiger partial charge in [0.1, 0.15) is 23.3 Å². The van der Waals surface area contributed by atoms with Gasteiger partial charge in [0.25, 0.3) is 0 Å². The minimum atomic E-state index is -1.35. The molecular formula is C29H30F2N6O6S. The molecule has 1 unspecified atom stereocenters. The summed E-state index contributed by atoms with van der Waals surface area (Å²) in [4.78, 5) is 53.5. The summed E-state index contributed by atoms with van der Waals surface area (Å²) < 4.78 is 38.9. The number of rotatable bonds is 7. The summed E-state index contributed by atoms with van der Waals surface area (Å²) in [7, 11) is 1.46. The highest BCUT2D eigenvalue weighted by atomic mass is 32.1. The number of anilines is 3. The van der Waals surface area contributed by atoms with Crippen molar-refractivity contribution in [1.82, 2.24) is 14.2 Å². The number of amides is 3. The first-order valence-electron chi connectivity index (χ1n) is 14.1. The summed E-state index contributed by atoms with van der Waals surface area (Å²) in [5, 5.41) is 11.9. The van der Waals surface area contributed by atoms with Crippen LogP contribution in [0.5, 0.6) is 0 Å². The van der Waals surface area contributed by atoms with Gasteiger partial charge in [0.2, 0.25) is 5.43 Å². The van der Waals surface area contributed by atoms with Gasteiger partial charge in [-0.2, -0.15) is 0 Å². The molecule has 3 heterocycles. The number of ether oxygens (including phenoxy) is 1. The number of pyridine rings is 1. The van der Waals surface area contributed by atoms with Crippen LogP contribution < -0.4 is 25.4 Å². The molecule has 0 radical (unpaired) electrons. The van der Waals surface area contributed by atoms with Gasteiger partial charge in [-0.15, -0.1) is 0 Å². The zero-order valence-corrected chi connectivity index (χ0v) is 24.6. The van der Waals surface area contributed by atoms with Gasteiger partial charge in [0.15, 0.2) is 0 Å². The second-order valence-electron chi connectivity index (χ2n) is 11.0. The van der Waals surface area contributed by atoms with Crippen LogP contribution in [0.2, 0.25) is 0 Å². The van der Waals surface area contributed by atoms with Crippen LogP contribution in [-0.2, 0) is 4.74 Å². The summed E-state index contributed by atoms with van der Waals surface area (Å²) in [6.45, 7) is 1.67. The molecule has 3 fully saturated rings. The average Bonchev–Trinajstić information content (AvgIpc) is 3.78. The molecule has 44 heavy (non-hydrogen) atoms. The van der Waals surface area contributed by atoms with Crippen molar-refractivity contribution in [2.45, 2.75) is 25.0 Å². The summed E-state index contributed by atoms with van der Waals surface area (Å²) in [5.41, 5.74) is 0.328. The minimum Gasteiger partial charge on any atom is -0.477 e. The Kier molecular flexibility index (Phi) is 7.73. The quantitative estimate of drug-likeness (QED) is 0.340. The van der Waals surface area contributed by atoms with E-state index in [2.05, 4.69) is 18.1 Å². The van der Waals surface area contributed by atoms with Crippen molar-refractivity contribution >= 4 is 58.9 Å². The number of cyclic esters (lactones) is 1. The number of halogens is 2. The van der Waals surface area contributed by atoms with E-state index in [-0.39, 0.29) is 30.1 Å². The number of urea groups is 1. The van der Waals surface area contributed by atoms with E-state index in [1.165, 1.54) is 24.2 Å². The molecule has 0 bridgehead atoms. The number of hydrogen-bond acceptors (Lipinski definition) is 8. The smallest absolute Gasteiger partial charge is 0.414 e. The van der Waals surface area contributed by atoms with Crippen molar-refractivity contribution in [3.05, 3.63) is 63.9 Å². The highest BCUT2D eigenvalue weighted by Gasteiger charge is 2.35. The predicted octanol–water partition coefficient (Wildman–Crippen LogP) is 3.45. The maximum Gasteiger partial charge on any atom is 0.414 e. The third kappa shape index (κ3) is 5.47. The van der Waals surface area contributed by atoms with Crippen molar-refractivity contribution in [2.75, 3.05) is 61.0 Å². The van der Waals surface area contributed by atoms with Crippen LogP contribution in [0.4, 0.5) is 35.4 Å². The number of aromatic nitrogens is 1. The van der Waals surface area contributed by atoms with Gasteiger partial charge in [-0.05, 0) is 43.2 Å². The second-order valence-corrected chi connectivity index (χ2v) is 11.5. The van der Waals surface area contributed by atoms with Crippen molar-refractivity contribution in [3.8, 4) is 0 Å². The fraction of sp³-hybridized carbons (Fsp3) is 0.379. The highest BCUT2D eigenvalue weighted by molar-refractivity contribution is 7.78. The van der Waals surface area contributed by atoms with E-state index in [0.29, 0.717) is 48.8 Å². The Morgan fingerprint density at radius 3 is 2.32 bits per heavy atom.